The molecule has 1 saturated heterocycles. The molecule has 6 nitrogen and oxygen atoms in total. The second-order valence-electron chi connectivity index (χ2n) is 6.02. The molecule has 0 bridgehead atoms. The van der Waals surface area contributed by atoms with Crippen LogP contribution in [-0.2, 0) is 11.3 Å². The van der Waals surface area contributed by atoms with E-state index in [-0.39, 0.29) is 5.56 Å². The minimum Gasteiger partial charge on any atom is -0.489 e. The number of morpholine rings is 1. The summed E-state index contributed by atoms with van der Waals surface area (Å²) in [6.07, 6.45) is 1.68. The van der Waals surface area contributed by atoms with Gasteiger partial charge in [0.25, 0.3) is 5.56 Å². The van der Waals surface area contributed by atoms with E-state index in [9.17, 15) is 4.79 Å². The Bertz CT molecular complexity index is 983. The average molecular weight is 372 g/mol. The van der Waals surface area contributed by atoms with Gasteiger partial charge in [-0.3, -0.25) is 9.20 Å². The number of halogens is 1. The van der Waals surface area contributed by atoms with Crippen LogP contribution in [0.25, 0.3) is 5.65 Å². The molecule has 1 aliphatic rings. The summed E-state index contributed by atoms with van der Waals surface area (Å²) in [4.78, 5) is 19.1. The molecule has 7 heteroatoms. The lowest BCUT2D eigenvalue weighted by Crippen LogP contribution is -2.37. The number of pyridine rings is 1. The maximum Gasteiger partial charge on any atom is 0.259 e. The Morgan fingerprint density at radius 1 is 1.15 bits per heavy atom. The van der Waals surface area contributed by atoms with Crippen molar-refractivity contribution >= 4 is 23.1 Å². The van der Waals surface area contributed by atoms with Crippen LogP contribution in [0.3, 0.4) is 0 Å². The maximum absolute atomic E-state index is 12.4. The predicted molar refractivity (Wildman–Crippen MR) is 100 cm³/mol. The van der Waals surface area contributed by atoms with Crippen molar-refractivity contribution in [3.63, 3.8) is 0 Å². The number of rotatable bonds is 4. The molecule has 0 saturated carbocycles. The third kappa shape index (κ3) is 3.52. The summed E-state index contributed by atoms with van der Waals surface area (Å²) >= 11 is 6.16. The van der Waals surface area contributed by atoms with Crippen LogP contribution in [0.2, 0.25) is 5.02 Å². The van der Waals surface area contributed by atoms with Crippen molar-refractivity contribution in [2.75, 3.05) is 31.2 Å². The lowest BCUT2D eigenvalue weighted by Gasteiger charge is -2.27. The summed E-state index contributed by atoms with van der Waals surface area (Å²) in [5, 5.41) is 0.664. The fourth-order valence-electron chi connectivity index (χ4n) is 2.89. The molecule has 0 amide bonds. The first-order valence-corrected chi connectivity index (χ1v) is 8.81. The topological polar surface area (TPSA) is 56.1 Å². The highest BCUT2D eigenvalue weighted by Gasteiger charge is 2.14. The molecule has 1 aliphatic heterocycles. The molecule has 0 atom stereocenters. The van der Waals surface area contributed by atoms with Crippen molar-refractivity contribution < 1.29 is 9.47 Å². The zero-order chi connectivity index (χ0) is 17.9. The van der Waals surface area contributed by atoms with Gasteiger partial charge in [-0.1, -0.05) is 29.8 Å². The summed E-state index contributed by atoms with van der Waals surface area (Å²) in [5.74, 6) is 1.30. The SMILES string of the molecule is O=c1cc(N2CCOCC2)nc2cc(OCc3ccccc3Cl)ccn12. The van der Waals surface area contributed by atoms with Crippen LogP contribution in [-0.4, -0.2) is 35.7 Å². The van der Waals surface area contributed by atoms with Gasteiger partial charge in [0.15, 0.2) is 0 Å². The Morgan fingerprint density at radius 2 is 1.96 bits per heavy atom. The van der Waals surface area contributed by atoms with Gasteiger partial charge in [-0.25, -0.2) is 4.98 Å². The molecule has 26 heavy (non-hydrogen) atoms. The first-order valence-electron chi connectivity index (χ1n) is 8.43. The van der Waals surface area contributed by atoms with Gasteiger partial charge in [0.1, 0.15) is 23.8 Å². The Labute approximate surface area is 155 Å². The van der Waals surface area contributed by atoms with Crippen LogP contribution in [0.4, 0.5) is 5.82 Å². The van der Waals surface area contributed by atoms with E-state index in [0.29, 0.717) is 42.1 Å². The van der Waals surface area contributed by atoms with Crippen LogP contribution >= 0.6 is 11.6 Å². The Morgan fingerprint density at radius 3 is 2.77 bits per heavy atom. The number of nitrogens with zero attached hydrogens (tertiary/aromatic N) is 3. The van der Waals surface area contributed by atoms with Gasteiger partial charge in [0.05, 0.1) is 13.2 Å². The number of anilines is 1. The van der Waals surface area contributed by atoms with Crippen molar-refractivity contribution in [2.45, 2.75) is 6.61 Å². The van der Waals surface area contributed by atoms with E-state index in [2.05, 4.69) is 9.88 Å². The summed E-state index contributed by atoms with van der Waals surface area (Å²) in [6, 6.07) is 12.6. The van der Waals surface area contributed by atoms with Gasteiger partial charge in [0, 0.05) is 42.0 Å². The molecular weight excluding hydrogens is 354 g/mol. The highest BCUT2D eigenvalue weighted by Crippen LogP contribution is 2.20. The summed E-state index contributed by atoms with van der Waals surface area (Å²) in [6.45, 7) is 3.09. The van der Waals surface area contributed by atoms with Crippen molar-refractivity contribution in [1.82, 2.24) is 9.38 Å². The van der Waals surface area contributed by atoms with Gasteiger partial charge in [0.2, 0.25) is 0 Å². The molecule has 0 radical (unpaired) electrons. The van der Waals surface area contributed by atoms with E-state index in [0.717, 1.165) is 18.7 Å². The standard InChI is InChI=1S/C19H18ClN3O3/c20-16-4-2-1-3-14(16)13-26-15-5-6-23-18(11-15)21-17(12-19(23)24)22-7-9-25-10-8-22/h1-6,11-12H,7-10,13H2. The van der Waals surface area contributed by atoms with E-state index >= 15 is 0 Å². The molecule has 134 valence electrons. The van der Waals surface area contributed by atoms with Gasteiger partial charge < -0.3 is 14.4 Å². The predicted octanol–water partition coefficient (Wildman–Crippen LogP) is 2.76. The normalized spacial score (nSPS) is 14.6. The number of benzene rings is 1. The first kappa shape index (κ1) is 16.9. The Kier molecular flexibility index (Phi) is 4.77. The second kappa shape index (κ2) is 7.35. The molecule has 2 aromatic heterocycles. The highest BCUT2D eigenvalue weighted by molar-refractivity contribution is 6.31. The molecule has 4 rings (SSSR count). The van der Waals surface area contributed by atoms with E-state index in [1.807, 2.05) is 24.3 Å². The van der Waals surface area contributed by atoms with Crippen molar-refractivity contribution in [1.29, 1.82) is 0 Å². The van der Waals surface area contributed by atoms with Crippen LogP contribution in [0, 0.1) is 0 Å². The van der Waals surface area contributed by atoms with Gasteiger partial charge in [-0.2, -0.15) is 0 Å². The first-order chi connectivity index (χ1) is 12.7. The van der Waals surface area contributed by atoms with Gasteiger partial charge >= 0.3 is 0 Å². The highest BCUT2D eigenvalue weighted by atomic mass is 35.5. The van der Waals surface area contributed by atoms with E-state index < -0.39 is 0 Å². The summed E-state index contributed by atoms with van der Waals surface area (Å²) < 4.78 is 12.7. The third-order valence-corrected chi connectivity index (χ3v) is 4.68. The smallest absolute Gasteiger partial charge is 0.259 e. The van der Waals surface area contributed by atoms with Gasteiger partial charge in [-0.05, 0) is 12.1 Å². The molecule has 0 aliphatic carbocycles. The minimum absolute atomic E-state index is 0.117. The molecule has 1 aromatic carbocycles. The fourth-order valence-corrected chi connectivity index (χ4v) is 3.08. The molecule has 0 N–H and O–H groups in total. The molecule has 1 fully saturated rings. The number of ether oxygens (including phenoxy) is 2. The quantitative estimate of drug-likeness (QED) is 0.706. The van der Waals surface area contributed by atoms with Crippen LogP contribution in [0.15, 0.2) is 53.5 Å². The summed E-state index contributed by atoms with van der Waals surface area (Å²) in [7, 11) is 0. The number of fused-ring (bicyclic) bond motifs is 1. The van der Waals surface area contributed by atoms with E-state index in [1.54, 1.807) is 24.4 Å². The van der Waals surface area contributed by atoms with Crippen molar-refractivity contribution in [3.8, 4) is 5.75 Å². The number of aromatic nitrogens is 2. The number of hydrogen-bond donors (Lipinski definition) is 0. The maximum atomic E-state index is 12.4. The zero-order valence-electron chi connectivity index (χ0n) is 14.1. The van der Waals surface area contributed by atoms with Crippen molar-refractivity contribution in [2.24, 2.45) is 0 Å². The van der Waals surface area contributed by atoms with Gasteiger partial charge in [-0.15, -0.1) is 0 Å². The lowest BCUT2D eigenvalue weighted by molar-refractivity contribution is 0.122. The molecule has 0 unspecified atom stereocenters. The second-order valence-corrected chi connectivity index (χ2v) is 6.43. The average Bonchev–Trinajstić information content (AvgIpc) is 2.68. The van der Waals surface area contributed by atoms with Crippen LogP contribution in [0.1, 0.15) is 5.56 Å². The van der Waals surface area contributed by atoms with E-state index in [4.69, 9.17) is 21.1 Å². The molecule has 3 heterocycles. The minimum atomic E-state index is -0.117. The third-order valence-electron chi connectivity index (χ3n) is 4.31. The molecular formula is C19H18ClN3O3. The Balaban J connectivity index is 1.61. The largest absolute Gasteiger partial charge is 0.489 e. The lowest BCUT2D eigenvalue weighted by atomic mass is 10.2. The molecule has 0 spiro atoms. The van der Waals surface area contributed by atoms with E-state index in [1.165, 1.54) is 4.40 Å². The molecule has 3 aromatic rings. The van der Waals surface area contributed by atoms with Crippen molar-refractivity contribution in [3.05, 3.63) is 69.6 Å². The Hall–Kier alpha value is -2.57. The van der Waals surface area contributed by atoms with Crippen LogP contribution < -0.4 is 15.2 Å². The number of hydrogen-bond acceptors (Lipinski definition) is 5. The van der Waals surface area contributed by atoms with Crippen LogP contribution in [0.5, 0.6) is 5.75 Å². The summed E-state index contributed by atoms with van der Waals surface area (Å²) in [5.41, 5.74) is 1.34. The fraction of sp³-hybridized carbons (Fsp3) is 0.263. The monoisotopic (exact) mass is 371 g/mol. The zero-order valence-corrected chi connectivity index (χ0v) is 14.9.